The highest BCUT2D eigenvalue weighted by atomic mass is 32.2. The van der Waals surface area contributed by atoms with Gasteiger partial charge in [-0.05, 0) is 48.1 Å². The van der Waals surface area contributed by atoms with Crippen molar-refractivity contribution in [3.8, 4) is 5.75 Å². The molecule has 0 atom stereocenters. The standard InChI is InChI=1S/C17H19NO2S/c1-21-12-14-2-6-15(7-3-14)17(20)18-11-10-13-4-8-16(19)9-5-13/h2-9,19H,10-12H2,1H3,(H,18,20). The van der Waals surface area contributed by atoms with Crippen LogP contribution in [0.2, 0.25) is 0 Å². The summed E-state index contributed by atoms with van der Waals surface area (Å²) in [5.41, 5.74) is 3.00. The monoisotopic (exact) mass is 301 g/mol. The molecule has 4 heteroatoms. The van der Waals surface area contributed by atoms with Crippen molar-refractivity contribution < 1.29 is 9.90 Å². The third kappa shape index (κ3) is 4.83. The minimum Gasteiger partial charge on any atom is -0.508 e. The van der Waals surface area contributed by atoms with E-state index >= 15 is 0 Å². The Morgan fingerprint density at radius 2 is 1.67 bits per heavy atom. The molecular formula is C17H19NO2S. The second-order valence-corrected chi connectivity index (χ2v) is 5.67. The number of phenolic OH excluding ortho intramolecular Hbond substituents is 1. The number of hydrogen-bond donors (Lipinski definition) is 2. The van der Waals surface area contributed by atoms with Crippen LogP contribution in [0.5, 0.6) is 5.75 Å². The largest absolute Gasteiger partial charge is 0.508 e. The molecule has 0 heterocycles. The highest BCUT2D eigenvalue weighted by molar-refractivity contribution is 7.97. The number of amides is 1. The van der Waals surface area contributed by atoms with Gasteiger partial charge in [0.05, 0.1) is 0 Å². The number of phenols is 1. The smallest absolute Gasteiger partial charge is 0.251 e. The van der Waals surface area contributed by atoms with Gasteiger partial charge in [-0.3, -0.25) is 4.79 Å². The van der Waals surface area contributed by atoms with E-state index in [4.69, 9.17) is 0 Å². The molecule has 0 aromatic heterocycles. The van der Waals surface area contributed by atoms with E-state index in [1.165, 1.54) is 5.56 Å². The molecule has 3 nitrogen and oxygen atoms in total. The first kappa shape index (κ1) is 15.4. The predicted molar refractivity (Wildman–Crippen MR) is 87.8 cm³/mol. The fourth-order valence-corrected chi connectivity index (χ4v) is 2.53. The van der Waals surface area contributed by atoms with Crippen LogP contribution in [0.3, 0.4) is 0 Å². The van der Waals surface area contributed by atoms with Crippen LogP contribution in [0.15, 0.2) is 48.5 Å². The van der Waals surface area contributed by atoms with Gasteiger partial charge in [0.2, 0.25) is 0 Å². The number of carbonyl (C=O) groups is 1. The van der Waals surface area contributed by atoms with Gasteiger partial charge in [0.1, 0.15) is 5.75 Å². The van der Waals surface area contributed by atoms with Gasteiger partial charge in [-0.2, -0.15) is 11.8 Å². The molecule has 2 rings (SSSR count). The SMILES string of the molecule is CSCc1ccc(C(=O)NCCc2ccc(O)cc2)cc1. The Hall–Kier alpha value is -1.94. The van der Waals surface area contributed by atoms with Gasteiger partial charge in [-0.15, -0.1) is 0 Å². The highest BCUT2D eigenvalue weighted by Gasteiger charge is 2.04. The fraction of sp³-hybridized carbons (Fsp3) is 0.235. The van der Waals surface area contributed by atoms with Gasteiger partial charge in [-0.1, -0.05) is 24.3 Å². The summed E-state index contributed by atoms with van der Waals surface area (Å²) in [6.45, 7) is 0.580. The quantitative estimate of drug-likeness (QED) is 0.861. The van der Waals surface area contributed by atoms with Gasteiger partial charge in [0, 0.05) is 17.9 Å². The highest BCUT2D eigenvalue weighted by Crippen LogP contribution is 2.11. The molecule has 0 spiro atoms. The van der Waals surface area contributed by atoms with E-state index in [-0.39, 0.29) is 11.7 Å². The average molecular weight is 301 g/mol. The van der Waals surface area contributed by atoms with Crippen LogP contribution in [0.4, 0.5) is 0 Å². The Morgan fingerprint density at radius 3 is 2.29 bits per heavy atom. The van der Waals surface area contributed by atoms with Crippen LogP contribution >= 0.6 is 11.8 Å². The van der Waals surface area contributed by atoms with E-state index in [0.29, 0.717) is 12.1 Å². The maximum atomic E-state index is 12.0. The number of thioether (sulfide) groups is 1. The summed E-state index contributed by atoms with van der Waals surface area (Å²) >= 11 is 1.76. The maximum absolute atomic E-state index is 12.0. The molecule has 0 fully saturated rings. The summed E-state index contributed by atoms with van der Waals surface area (Å²) in [6.07, 6.45) is 2.81. The lowest BCUT2D eigenvalue weighted by molar-refractivity contribution is 0.0954. The molecule has 0 radical (unpaired) electrons. The van der Waals surface area contributed by atoms with Crippen molar-refractivity contribution >= 4 is 17.7 Å². The maximum Gasteiger partial charge on any atom is 0.251 e. The zero-order valence-electron chi connectivity index (χ0n) is 12.0. The zero-order valence-corrected chi connectivity index (χ0v) is 12.8. The Bertz CT molecular complexity index is 579. The molecule has 21 heavy (non-hydrogen) atoms. The number of hydrogen-bond acceptors (Lipinski definition) is 3. The zero-order chi connectivity index (χ0) is 15.1. The summed E-state index contributed by atoms with van der Waals surface area (Å²) in [7, 11) is 0. The van der Waals surface area contributed by atoms with Crippen molar-refractivity contribution in [2.24, 2.45) is 0 Å². The molecule has 110 valence electrons. The van der Waals surface area contributed by atoms with E-state index in [0.717, 1.165) is 17.7 Å². The van der Waals surface area contributed by atoms with E-state index < -0.39 is 0 Å². The summed E-state index contributed by atoms with van der Waals surface area (Å²) in [4.78, 5) is 12.0. The van der Waals surface area contributed by atoms with Crippen LogP contribution in [-0.2, 0) is 12.2 Å². The fourth-order valence-electron chi connectivity index (χ4n) is 2.00. The Morgan fingerprint density at radius 1 is 1.05 bits per heavy atom. The summed E-state index contributed by atoms with van der Waals surface area (Å²) < 4.78 is 0. The molecule has 0 unspecified atom stereocenters. The topological polar surface area (TPSA) is 49.3 Å². The lowest BCUT2D eigenvalue weighted by Crippen LogP contribution is -2.25. The second-order valence-electron chi connectivity index (χ2n) is 4.80. The summed E-state index contributed by atoms with van der Waals surface area (Å²) in [5.74, 6) is 1.17. The van der Waals surface area contributed by atoms with E-state index in [1.54, 1.807) is 23.9 Å². The molecule has 2 aromatic rings. The molecule has 0 aliphatic heterocycles. The van der Waals surface area contributed by atoms with Crippen molar-refractivity contribution in [1.29, 1.82) is 0 Å². The van der Waals surface area contributed by atoms with Gasteiger partial charge < -0.3 is 10.4 Å². The second kappa shape index (κ2) is 7.74. The molecule has 0 saturated carbocycles. The van der Waals surface area contributed by atoms with Crippen molar-refractivity contribution in [2.75, 3.05) is 12.8 Å². The van der Waals surface area contributed by atoms with Gasteiger partial charge in [-0.25, -0.2) is 0 Å². The first-order valence-electron chi connectivity index (χ1n) is 6.83. The van der Waals surface area contributed by atoms with Gasteiger partial charge >= 0.3 is 0 Å². The van der Waals surface area contributed by atoms with E-state index in [2.05, 4.69) is 11.6 Å². The van der Waals surface area contributed by atoms with Crippen LogP contribution in [-0.4, -0.2) is 23.8 Å². The lowest BCUT2D eigenvalue weighted by Gasteiger charge is -2.06. The Kier molecular flexibility index (Phi) is 5.69. The van der Waals surface area contributed by atoms with Gasteiger partial charge in [0.15, 0.2) is 0 Å². The van der Waals surface area contributed by atoms with Crippen LogP contribution in [0.1, 0.15) is 21.5 Å². The molecule has 2 N–H and O–H groups in total. The van der Waals surface area contributed by atoms with Crippen molar-refractivity contribution in [2.45, 2.75) is 12.2 Å². The number of carbonyl (C=O) groups excluding carboxylic acids is 1. The molecule has 0 bridgehead atoms. The number of nitrogens with one attached hydrogen (secondary N) is 1. The van der Waals surface area contributed by atoms with E-state index in [9.17, 15) is 9.90 Å². The van der Waals surface area contributed by atoms with Crippen molar-refractivity contribution in [1.82, 2.24) is 5.32 Å². The normalized spacial score (nSPS) is 10.3. The molecule has 1 amide bonds. The molecule has 0 saturated heterocycles. The number of benzene rings is 2. The Labute approximate surface area is 129 Å². The van der Waals surface area contributed by atoms with Gasteiger partial charge in [0.25, 0.3) is 5.91 Å². The third-order valence-corrected chi connectivity index (χ3v) is 3.78. The molecule has 0 aliphatic rings. The lowest BCUT2D eigenvalue weighted by atomic mass is 10.1. The first-order chi connectivity index (χ1) is 10.2. The molecule has 2 aromatic carbocycles. The minimum atomic E-state index is -0.0514. The summed E-state index contributed by atoms with van der Waals surface area (Å²) in [5, 5.41) is 12.1. The van der Waals surface area contributed by atoms with Crippen LogP contribution in [0, 0.1) is 0 Å². The predicted octanol–water partition coefficient (Wildman–Crippen LogP) is 3.23. The number of rotatable bonds is 6. The molecule has 0 aliphatic carbocycles. The van der Waals surface area contributed by atoms with Crippen LogP contribution in [0.25, 0.3) is 0 Å². The van der Waals surface area contributed by atoms with Crippen LogP contribution < -0.4 is 5.32 Å². The third-order valence-electron chi connectivity index (χ3n) is 3.16. The molecular weight excluding hydrogens is 282 g/mol. The van der Waals surface area contributed by atoms with Crippen molar-refractivity contribution in [3.63, 3.8) is 0 Å². The Balaban J connectivity index is 1.82. The van der Waals surface area contributed by atoms with E-state index in [1.807, 2.05) is 36.4 Å². The number of aromatic hydroxyl groups is 1. The average Bonchev–Trinajstić information content (AvgIpc) is 2.50. The summed E-state index contributed by atoms with van der Waals surface area (Å²) in [6, 6.07) is 14.7. The first-order valence-corrected chi connectivity index (χ1v) is 8.22. The van der Waals surface area contributed by atoms with Crippen molar-refractivity contribution in [3.05, 3.63) is 65.2 Å². The minimum absolute atomic E-state index is 0.0514.